The van der Waals surface area contributed by atoms with E-state index in [1.165, 1.54) is 0 Å². The minimum atomic E-state index is -2.81. The molecule has 20 heavy (non-hydrogen) atoms. The fourth-order valence-corrected chi connectivity index (χ4v) is 4.13. The van der Waals surface area contributed by atoms with E-state index in [0.717, 1.165) is 38.3 Å². The first kappa shape index (κ1) is 17.0. The SMILES string of the molecule is C=CCCCN(C)C(=NCC1CCS(=O)(=O)C1)NCC. The van der Waals surface area contributed by atoms with E-state index >= 15 is 0 Å². The van der Waals surface area contributed by atoms with Crippen molar-refractivity contribution in [1.29, 1.82) is 0 Å². The van der Waals surface area contributed by atoms with E-state index in [2.05, 4.69) is 21.8 Å². The van der Waals surface area contributed by atoms with Crippen LogP contribution in [-0.2, 0) is 9.84 Å². The summed E-state index contributed by atoms with van der Waals surface area (Å²) in [4.78, 5) is 6.67. The number of rotatable bonds is 7. The summed E-state index contributed by atoms with van der Waals surface area (Å²) < 4.78 is 22.9. The Bertz CT molecular complexity index is 432. The van der Waals surface area contributed by atoms with E-state index in [9.17, 15) is 8.42 Å². The summed E-state index contributed by atoms with van der Waals surface area (Å²) in [5.41, 5.74) is 0. The lowest BCUT2D eigenvalue weighted by atomic mass is 10.1. The largest absolute Gasteiger partial charge is 0.357 e. The molecule has 0 radical (unpaired) electrons. The maximum Gasteiger partial charge on any atom is 0.193 e. The second-order valence-electron chi connectivity index (χ2n) is 5.32. The fourth-order valence-electron chi connectivity index (χ4n) is 2.28. The third-order valence-electron chi connectivity index (χ3n) is 3.42. The molecule has 116 valence electrons. The molecule has 0 aromatic rings. The highest BCUT2D eigenvalue weighted by Gasteiger charge is 2.27. The van der Waals surface area contributed by atoms with Crippen molar-refractivity contribution >= 4 is 15.8 Å². The average molecular weight is 301 g/mol. The Kier molecular flexibility index (Phi) is 7.05. The van der Waals surface area contributed by atoms with Crippen molar-refractivity contribution in [2.45, 2.75) is 26.2 Å². The van der Waals surface area contributed by atoms with Gasteiger partial charge in [0.2, 0.25) is 0 Å². The summed E-state index contributed by atoms with van der Waals surface area (Å²) in [6, 6.07) is 0. The zero-order valence-corrected chi connectivity index (χ0v) is 13.5. The lowest BCUT2D eigenvalue weighted by molar-refractivity contribution is 0.466. The van der Waals surface area contributed by atoms with Crippen LogP contribution < -0.4 is 5.32 Å². The van der Waals surface area contributed by atoms with Gasteiger partial charge in [0.15, 0.2) is 15.8 Å². The molecule has 0 aromatic carbocycles. The standard InChI is InChI=1S/C14H27N3O2S/c1-4-6-7-9-17(3)14(15-5-2)16-11-13-8-10-20(18,19)12-13/h4,13H,1,5-12H2,2-3H3,(H,15,16). The lowest BCUT2D eigenvalue weighted by Crippen LogP contribution is -2.39. The molecule has 0 saturated carbocycles. The van der Waals surface area contributed by atoms with Crippen LogP contribution in [0.3, 0.4) is 0 Å². The number of nitrogens with zero attached hydrogens (tertiary/aromatic N) is 2. The molecule has 1 fully saturated rings. The van der Waals surface area contributed by atoms with Crippen molar-refractivity contribution in [2.75, 3.05) is 38.2 Å². The van der Waals surface area contributed by atoms with Gasteiger partial charge in [0.1, 0.15) is 0 Å². The number of nitrogens with one attached hydrogen (secondary N) is 1. The van der Waals surface area contributed by atoms with Crippen LogP contribution in [0.15, 0.2) is 17.6 Å². The predicted octanol–water partition coefficient (Wildman–Crippen LogP) is 1.28. The minimum absolute atomic E-state index is 0.176. The second-order valence-corrected chi connectivity index (χ2v) is 7.54. The van der Waals surface area contributed by atoms with Gasteiger partial charge in [0.25, 0.3) is 0 Å². The smallest absolute Gasteiger partial charge is 0.193 e. The van der Waals surface area contributed by atoms with Crippen molar-refractivity contribution < 1.29 is 8.42 Å². The Balaban J connectivity index is 2.51. The molecular weight excluding hydrogens is 274 g/mol. The van der Waals surface area contributed by atoms with Crippen molar-refractivity contribution in [2.24, 2.45) is 10.9 Å². The molecule has 6 heteroatoms. The Labute approximate surface area is 123 Å². The summed E-state index contributed by atoms with van der Waals surface area (Å²) in [7, 11) is -0.798. The van der Waals surface area contributed by atoms with E-state index < -0.39 is 9.84 Å². The molecule has 0 bridgehead atoms. The second kappa shape index (κ2) is 8.29. The maximum atomic E-state index is 11.4. The molecule has 1 atom stereocenters. The fraction of sp³-hybridized carbons (Fsp3) is 0.786. The predicted molar refractivity (Wildman–Crippen MR) is 84.8 cm³/mol. The molecule has 0 spiro atoms. The zero-order chi connectivity index (χ0) is 15.0. The number of guanidine groups is 1. The van der Waals surface area contributed by atoms with Crippen LogP contribution in [0.1, 0.15) is 26.2 Å². The van der Waals surface area contributed by atoms with Crippen molar-refractivity contribution in [3.63, 3.8) is 0 Å². The highest BCUT2D eigenvalue weighted by Crippen LogP contribution is 2.18. The summed E-state index contributed by atoms with van der Waals surface area (Å²) in [6.45, 7) is 8.08. The van der Waals surface area contributed by atoms with Gasteiger partial charge in [0.05, 0.1) is 11.5 Å². The van der Waals surface area contributed by atoms with Crippen LogP contribution in [0.5, 0.6) is 0 Å². The molecule has 0 aromatic heterocycles. The lowest BCUT2D eigenvalue weighted by Gasteiger charge is -2.22. The van der Waals surface area contributed by atoms with Crippen LogP contribution in [0.4, 0.5) is 0 Å². The first-order chi connectivity index (χ1) is 9.48. The number of unbranched alkanes of at least 4 members (excludes halogenated alkanes) is 1. The number of sulfone groups is 1. The summed E-state index contributed by atoms with van der Waals surface area (Å²) in [6.07, 6.45) is 4.69. The van der Waals surface area contributed by atoms with Gasteiger partial charge in [0, 0.05) is 26.7 Å². The summed E-state index contributed by atoms with van der Waals surface area (Å²) in [5, 5.41) is 3.25. The molecule has 1 N–H and O–H groups in total. The van der Waals surface area contributed by atoms with Crippen LogP contribution in [-0.4, -0.2) is 57.5 Å². The minimum Gasteiger partial charge on any atom is -0.357 e. The Morgan fingerprint density at radius 3 is 2.85 bits per heavy atom. The van der Waals surface area contributed by atoms with E-state index in [-0.39, 0.29) is 11.7 Å². The molecule has 0 amide bonds. The Hall–Kier alpha value is -1.04. The molecular formula is C14H27N3O2S. The molecule has 0 aliphatic carbocycles. The topological polar surface area (TPSA) is 61.8 Å². The van der Waals surface area contributed by atoms with Crippen LogP contribution >= 0.6 is 0 Å². The van der Waals surface area contributed by atoms with Gasteiger partial charge >= 0.3 is 0 Å². The monoisotopic (exact) mass is 301 g/mol. The van der Waals surface area contributed by atoms with Gasteiger partial charge in [-0.3, -0.25) is 4.99 Å². The quantitative estimate of drug-likeness (QED) is 0.333. The van der Waals surface area contributed by atoms with Gasteiger partial charge in [-0.2, -0.15) is 0 Å². The number of allylic oxidation sites excluding steroid dienone is 1. The van der Waals surface area contributed by atoms with Gasteiger partial charge in [-0.05, 0) is 32.1 Å². The molecule has 1 aliphatic rings. The van der Waals surface area contributed by atoms with Gasteiger partial charge in [-0.25, -0.2) is 8.42 Å². The van der Waals surface area contributed by atoms with E-state index in [1.54, 1.807) is 0 Å². The maximum absolute atomic E-state index is 11.4. The third-order valence-corrected chi connectivity index (χ3v) is 5.26. The van der Waals surface area contributed by atoms with Crippen LogP contribution in [0.25, 0.3) is 0 Å². The van der Waals surface area contributed by atoms with E-state index in [4.69, 9.17) is 0 Å². The molecule has 1 rings (SSSR count). The van der Waals surface area contributed by atoms with E-state index in [1.807, 2.05) is 20.0 Å². The Morgan fingerprint density at radius 2 is 2.30 bits per heavy atom. The number of aliphatic imine (C=N–C) groups is 1. The molecule has 1 aliphatic heterocycles. The van der Waals surface area contributed by atoms with Gasteiger partial charge in [-0.1, -0.05) is 6.08 Å². The zero-order valence-electron chi connectivity index (χ0n) is 12.6. The number of hydrogen-bond donors (Lipinski definition) is 1. The molecule has 5 nitrogen and oxygen atoms in total. The summed E-state index contributed by atoms with van der Waals surface area (Å²) >= 11 is 0. The molecule has 1 unspecified atom stereocenters. The van der Waals surface area contributed by atoms with Crippen molar-refractivity contribution in [3.8, 4) is 0 Å². The first-order valence-corrected chi connectivity index (χ1v) is 9.11. The van der Waals surface area contributed by atoms with E-state index in [0.29, 0.717) is 12.3 Å². The van der Waals surface area contributed by atoms with Crippen LogP contribution in [0.2, 0.25) is 0 Å². The molecule has 1 heterocycles. The Morgan fingerprint density at radius 1 is 1.55 bits per heavy atom. The third kappa shape index (κ3) is 5.94. The normalized spacial score (nSPS) is 21.7. The van der Waals surface area contributed by atoms with Gasteiger partial charge in [-0.15, -0.1) is 6.58 Å². The molecule has 1 saturated heterocycles. The highest BCUT2D eigenvalue weighted by atomic mass is 32.2. The number of hydrogen-bond acceptors (Lipinski definition) is 3. The summed E-state index contributed by atoms with van der Waals surface area (Å²) in [5.74, 6) is 1.64. The highest BCUT2D eigenvalue weighted by molar-refractivity contribution is 7.91. The van der Waals surface area contributed by atoms with Crippen molar-refractivity contribution in [1.82, 2.24) is 10.2 Å². The average Bonchev–Trinajstić information content (AvgIpc) is 2.74. The van der Waals surface area contributed by atoms with Crippen molar-refractivity contribution in [3.05, 3.63) is 12.7 Å². The van der Waals surface area contributed by atoms with Gasteiger partial charge < -0.3 is 10.2 Å². The first-order valence-electron chi connectivity index (χ1n) is 7.29. The van der Waals surface area contributed by atoms with Crippen LogP contribution in [0, 0.1) is 5.92 Å².